The van der Waals surface area contributed by atoms with Crippen LogP contribution in [0.1, 0.15) is 361 Å². The van der Waals surface area contributed by atoms with E-state index < -0.39 is 6.10 Å². The fourth-order valence-corrected chi connectivity index (χ4v) is 9.79. The summed E-state index contributed by atoms with van der Waals surface area (Å²) in [6, 6.07) is 0. The van der Waals surface area contributed by atoms with E-state index in [0.29, 0.717) is 19.3 Å². The van der Waals surface area contributed by atoms with Crippen molar-refractivity contribution in [3.8, 4) is 0 Å². The fraction of sp³-hybridized carbons (Fsp3) is 0.894. The number of ether oxygens (including phenoxy) is 3. The minimum atomic E-state index is -0.769. The standard InChI is InChI=1S/C66H124O6/c1-4-7-10-13-16-19-22-24-26-28-29-30-31-32-33-34-35-36-37-39-40-42-44-47-50-53-56-59-65(68)71-62-63(61-70-64(67)58-55-52-49-46-21-18-15-12-9-6-3)72-66(69)60-57-54-51-48-45-43-41-38-27-25-23-20-17-14-11-8-5-2/h25,27-29,63H,4-24,26,30-62H2,1-3H3/b27-25-,29-28-. The fourth-order valence-electron chi connectivity index (χ4n) is 9.79. The van der Waals surface area contributed by atoms with Crippen LogP contribution < -0.4 is 0 Å². The number of esters is 3. The molecule has 0 aromatic heterocycles. The van der Waals surface area contributed by atoms with Gasteiger partial charge < -0.3 is 14.2 Å². The predicted octanol–water partition coefficient (Wildman–Crippen LogP) is 21.8. The molecule has 0 aliphatic carbocycles. The largest absolute Gasteiger partial charge is 0.462 e. The van der Waals surface area contributed by atoms with Crippen LogP contribution in [0.15, 0.2) is 24.3 Å². The van der Waals surface area contributed by atoms with Crippen molar-refractivity contribution >= 4 is 17.9 Å². The summed E-state index contributed by atoms with van der Waals surface area (Å²) >= 11 is 0. The van der Waals surface area contributed by atoms with Crippen molar-refractivity contribution in [2.75, 3.05) is 13.2 Å². The van der Waals surface area contributed by atoms with Crippen molar-refractivity contribution in [3.63, 3.8) is 0 Å². The molecule has 0 heterocycles. The van der Waals surface area contributed by atoms with Crippen LogP contribution in [0.4, 0.5) is 0 Å². The number of rotatable bonds is 60. The molecule has 0 rings (SSSR count). The van der Waals surface area contributed by atoms with Crippen molar-refractivity contribution in [1.29, 1.82) is 0 Å². The first-order valence-corrected chi connectivity index (χ1v) is 32.3. The van der Waals surface area contributed by atoms with E-state index in [1.54, 1.807) is 0 Å². The minimum Gasteiger partial charge on any atom is -0.462 e. The Morgan fingerprint density at radius 3 is 0.694 bits per heavy atom. The Hall–Kier alpha value is -2.11. The molecule has 0 spiro atoms. The topological polar surface area (TPSA) is 78.9 Å². The molecule has 0 fully saturated rings. The Bertz CT molecular complexity index is 1160. The third kappa shape index (κ3) is 58.8. The third-order valence-corrected chi connectivity index (χ3v) is 14.7. The summed E-state index contributed by atoms with van der Waals surface area (Å²) in [4.78, 5) is 38.2. The highest BCUT2D eigenvalue weighted by Crippen LogP contribution is 2.17. The van der Waals surface area contributed by atoms with Crippen molar-refractivity contribution in [2.45, 2.75) is 367 Å². The zero-order chi connectivity index (χ0) is 52.2. The second-order valence-corrected chi connectivity index (χ2v) is 22.0. The van der Waals surface area contributed by atoms with Crippen molar-refractivity contribution in [2.24, 2.45) is 0 Å². The third-order valence-electron chi connectivity index (χ3n) is 14.7. The highest BCUT2D eigenvalue weighted by molar-refractivity contribution is 5.71. The average Bonchev–Trinajstić information content (AvgIpc) is 3.38. The van der Waals surface area contributed by atoms with Gasteiger partial charge in [0.1, 0.15) is 13.2 Å². The summed E-state index contributed by atoms with van der Waals surface area (Å²) in [6.07, 6.45) is 73.4. The van der Waals surface area contributed by atoms with Gasteiger partial charge >= 0.3 is 17.9 Å². The molecule has 424 valence electrons. The molecule has 0 saturated heterocycles. The summed E-state index contributed by atoms with van der Waals surface area (Å²) in [6.45, 7) is 6.68. The summed E-state index contributed by atoms with van der Waals surface area (Å²) in [5.41, 5.74) is 0. The lowest BCUT2D eigenvalue weighted by molar-refractivity contribution is -0.167. The van der Waals surface area contributed by atoms with Gasteiger partial charge in [-0.05, 0) is 70.6 Å². The Labute approximate surface area is 449 Å². The van der Waals surface area contributed by atoms with E-state index in [1.807, 2.05) is 0 Å². The van der Waals surface area contributed by atoms with Gasteiger partial charge in [-0.25, -0.2) is 0 Å². The van der Waals surface area contributed by atoms with Crippen molar-refractivity contribution in [1.82, 2.24) is 0 Å². The normalized spacial score (nSPS) is 12.1. The van der Waals surface area contributed by atoms with Crippen molar-refractivity contribution in [3.05, 3.63) is 24.3 Å². The van der Waals surface area contributed by atoms with Crippen LogP contribution in [-0.2, 0) is 28.6 Å². The first-order valence-electron chi connectivity index (χ1n) is 32.3. The average molecular weight is 1010 g/mol. The number of hydrogen-bond donors (Lipinski definition) is 0. The lowest BCUT2D eigenvalue weighted by Crippen LogP contribution is -2.30. The molecule has 0 aliphatic heterocycles. The van der Waals surface area contributed by atoms with Crippen LogP contribution in [0, 0.1) is 0 Å². The van der Waals surface area contributed by atoms with E-state index in [1.165, 1.54) is 263 Å². The van der Waals surface area contributed by atoms with Crippen LogP contribution in [0.3, 0.4) is 0 Å². The first kappa shape index (κ1) is 69.9. The summed E-state index contributed by atoms with van der Waals surface area (Å²) in [5, 5.41) is 0. The van der Waals surface area contributed by atoms with Gasteiger partial charge in [0.15, 0.2) is 6.10 Å². The Morgan fingerprint density at radius 1 is 0.264 bits per heavy atom. The maximum atomic E-state index is 12.9. The molecule has 6 nitrogen and oxygen atoms in total. The molecule has 0 radical (unpaired) electrons. The number of hydrogen-bond acceptors (Lipinski definition) is 6. The molecule has 0 amide bonds. The molecule has 0 aliphatic rings. The Morgan fingerprint density at radius 2 is 0.458 bits per heavy atom. The SMILES string of the molecule is CCCCCCCC/C=C\CCCCCCCCCC(=O)OC(COC(=O)CCCCCCCCCCCC)COC(=O)CCCCCCCCCCCCCCCCC/C=C\CCCCCCCCCC. The molecule has 1 unspecified atom stereocenters. The Kier molecular flexibility index (Phi) is 59.6. The smallest absolute Gasteiger partial charge is 0.306 e. The minimum absolute atomic E-state index is 0.0678. The number of allylic oxidation sites excluding steroid dienone is 4. The zero-order valence-electron chi connectivity index (χ0n) is 48.7. The molecule has 0 aromatic carbocycles. The lowest BCUT2D eigenvalue weighted by atomic mass is 10.0. The summed E-state index contributed by atoms with van der Waals surface area (Å²) in [7, 11) is 0. The maximum absolute atomic E-state index is 12.9. The quantitative estimate of drug-likeness (QED) is 0.0261. The number of unbranched alkanes of at least 4 members (excludes halogenated alkanes) is 45. The first-order chi connectivity index (χ1) is 35.5. The molecular weight excluding hydrogens is 889 g/mol. The molecule has 0 aromatic rings. The van der Waals surface area contributed by atoms with Gasteiger partial charge in [-0.3, -0.25) is 14.4 Å². The van der Waals surface area contributed by atoms with Gasteiger partial charge in [0.05, 0.1) is 0 Å². The predicted molar refractivity (Wildman–Crippen MR) is 312 cm³/mol. The van der Waals surface area contributed by atoms with Crippen LogP contribution >= 0.6 is 0 Å². The van der Waals surface area contributed by atoms with Crippen molar-refractivity contribution < 1.29 is 28.6 Å². The molecule has 72 heavy (non-hydrogen) atoms. The molecule has 6 heteroatoms. The van der Waals surface area contributed by atoms with Gasteiger partial charge in [0.2, 0.25) is 0 Å². The molecular formula is C66H124O6. The molecule has 0 saturated carbocycles. The maximum Gasteiger partial charge on any atom is 0.306 e. The highest BCUT2D eigenvalue weighted by atomic mass is 16.6. The van der Waals surface area contributed by atoms with Gasteiger partial charge in [0, 0.05) is 19.3 Å². The number of carbonyl (C=O) groups is 3. The van der Waals surface area contributed by atoms with Crippen LogP contribution in [0.5, 0.6) is 0 Å². The van der Waals surface area contributed by atoms with E-state index in [9.17, 15) is 14.4 Å². The lowest BCUT2D eigenvalue weighted by Gasteiger charge is -2.18. The Balaban J connectivity index is 4.14. The highest BCUT2D eigenvalue weighted by Gasteiger charge is 2.19. The van der Waals surface area contributed by atoms with Gasteiger partial charge in [-0.15, -0.1) is 0 Å². The zero-order valence-corrected chi connectivity index (χ0v) is 48.7. The van der Waals surface area contributed by atoms with E-state index in [4.69, 9.17) is 14.2 Å². The molecule has 0 bridgehead atoms. The van der Waals surface area contributed by atoms with Gasteiger partial charge in [0.25, 0.3) is 0 Å². The van der Waals surface area contributed by atoms with Gasteiger partial charge in [-0.1, -0.05) is 295 Å². The van der Waals surface area contributed by atoms with E-state index >= 15 is 0 Å². The second-order valence-electron chi connectivity index (χ2n) is 22.0. The molecule has 1 atom stereocenters. The van der Waals surface area contributed by atoms with Crippen LogP contribution in [0.25, 0.3) is 0 Å². The van der Waals surface area contributed by atoms with E-state index in [-0.39, 0.29) is 31.1 Å². The van der Waals surface area contributed by atoms with E-state index in [2.05, 4.69) is 45.1 Å². The monoisotopic (exact) mass is 1010 g/mol. The summed E-state index contributed by atoms with van der Waals surface area (Å²) in [5.74, 6) is -0.850. The second kappa shape index (κ2) is 61.4. The van der Waals surface area contributed by atoms with Crippen LogP contribution in [0.2, 0.25) is 0 Å². The molecule has 0 N–H and O–H groups in total. The van der Waals surface area contributed by atoms with E-state index in [0.717, 1.165) is 57.8 Å². The summed E-state index contributed by atoms with van der Waals surface area (Å²) < 4.78 is 16.9. The van der Waals surface area contributed by atoms with Gasteiger partial charge in [-0.2, -0.15) is 0 Å². The number of carbonyl (C=O) groups excluding carboxylic acids is 3. The van der Waals surface area contributed by atoms with Crippen LogP contribution in [-0.4, -0.2) is 37.2 Å².